The van der Waals surface area contributed by atoms with Gasteiger partial charge in [-0.2, -0.15) is 5.26 Å². The molecule has 0 aromatic heterocycles. The number of fused-ring (bicyclic) bond motifs is 1. The molecule has 0 fully saturated rings. The summed E-state index contributed by atoms with van der Waals surface area (Å²) in [5, 5.41) is 8.95. The summed E-state index contributed by atoms with van der Waals surface area (Å²) >= 11 is 6.01. The topological polar surface area (TPSA) is 110 Å². The van der Waals surface area contributed by atoms with E-state index in [0.717, 1.165) is 0 Å². The van der Waals surface area contributed by atoms with Crippen molar-refractivity contribution in [1.29, 1.82) is 5.26 Å². The first kappa shape index (κ1) is 17.4. The molecule has 8 nitrogen and oxygen atoms in total. The number of carbonyl (C=O) groups excluding carboxylic acids is 2. The first-order chi connectivity index (χ1) is 12.6. The Hall–Kier alpha value is -3.44. The highest BCUT2D eigenvalue weighted by Crippen LogP contribution is 2.39. The normalized spacial score (nSPS) is 11.4. The predicted octanol–water partition coefficient (Wildman–Crippen LogP) is 1.78. The van der Waals surface area contributed by atoms with Crippen LogP contribution < -0.4 is 25.1 Å². The summed E-state index contributed by atoms with van der Waals surface area (Å²) in [6, 6.07) is 11.1. The Morgan fingerprint density at radius 2 is 1.96 bits per heavy atom. The molecule has 3 rings (SSSR count). The van der Waals surface area contributed by atoms with E-state index in [9.17, 15) is 9.59 Å². The third-order valence-electron chi connectivity index (χ3n) is 3.36. The Morgan fingerprint density at radius 3 is 2.69 bits per heavy atom. The Kier molecular flexibility index (Phi) is 5.10. The number of hydrogen-bond donors (Lipinski definition) is 2. The van der Waals surface area contributed by atoms with Gasteiger partial charge >= 0.3 is 0 Å². The summed E-state index contributed by atoms with van der Waals surface area (Å²) in [7, 11) is 0. The molecular formula is C17H12ClN3O5. The maximum atomic E-state index is 12.1. The third kappa shape index (κ3) is 3.96. The molecule has 132 valence electrons. The number of benzene rings is 2. The lowest BCUT2D eigenvalue weighted by Crippen LogP contribution is -2.43. The number of hydrogen-bond acceptors (Lipinski definition) is 6. The Bertz CT molecular complexity index is 893. The minimum Gasteiger partial charge on any atom is -0.484 e. The molecule has 1 aliphatic rings. The van der Waals surface area contributed by atoms with Gasteiger partial charge in [0.25, 0.3) is 11.8 Å². The third-order valence-corrected chi connectivity index (χ3v) is 3.64. The van der Waals surface area contributed by atoms with Crippen molar-refractivity contribution >= 4 is 23.4 Å². The summed E-state index contributed by atoms with van der Waals surface area (Å²) in [4.78, 5) is 23.8. The van der Waals surface area contributed by atoms with Gasteiger partial charge in [0.2, 0.25) is 6.79 Å². The van der Waals surface area contributed by atoms with Crippen LogP contribution in [0.25, 0.3) is 0 Å². The van der Waals surface area contributed by atoms with Crippen LogP contribution in [0, 0.1) is 11.3 Å². The van der Waals surface area contributed by atoms with Crippen molar-refractivity contribution < 1.29 is 23.8 Å². The number of rotatable bonds is 4. The lowest BCUT2D eigenvalue weighted by Gasteiger charge is -2.09. The van der Waals surface area contributed by atoms with Gasteiger partial charge < -0.3 is 14.2 Å². The summed E-state index contributed by atoms with van der Waals surface area (Å²) in [5.41, 5.74) is 5.17. The molecule has 9 heteroatoms. The minimum absolute atomic E-state index is 0.0313. The molecule has 0 saturated carbocycles. The maximum absolute atomic E-state index is 12.1. The smallest absolute Gasteiger partial charge is 0.276 e. The molecule has 26 heavy (non-hydrogen) atoms. The van der Waals surface area contributed by atoms with Crippen molar-refractivity contribution in [2.24, 2.45) is 0 Å². The van der Waals surface area contributed by atoms with Gasteiger partial charge in [-0.3, -0.25) is 20.4 Å². The summed E-state index contributed by atoms with van der Waals surface area (Å²) in [6.45, 7) is -0.280. The molecule has 1 heterocycles. The second kappa shape index (κ2) is 7.63. The van der Waals surface area contributed by atoms with Gasteiger partial charge in [0.15, 0.2) is 18.1 Å². The van der Waals surface area contributed by atoms with Gasteiger partial charge in [-0.1, -0.05) is 11.6 Å². The van der Waals surface area contributed by atoms with E-state index in [4.69, 9.17) is 31.1 Å². The minimum atomic E-state index is -0.572. The first-order valence-electron chi connectivity index (χ1n) is 7.38. The van der Waals surface area contributed by atoms with Crippen LogP contribution in [-0.2, 0) is 4.79 Å². The fraction of sp³-hybridized carbons (Fsp3) is 0.118. The fourth-order valence-corrected chi connectivity index (χ4v) is 2.37. The molecule has 2 amide bonds. The van der Waals surface area contributed by atoms with E-state index in [0.29, 0.717) is 22.8 Å². The number of amides is 2. The first-order valence-corrected chi connectivity index (χ1v) is 7.76. The number of nitriles is 1. The number of halogens is 1. The highest BCUT2D eigenvalue weighted by molar-refractivity contribution is 6.32. The lowest BCUT2D eigenvalue weighted by molar-refractivity contribution is -0.123. The number of carbonyl (C=O) groups is 2. The van der Waals surface area contributed by atoms with Crippen LogP contribution in [0.1, 0.15) is 15.9 Å². The monoisotopic (exact) mass is 373 g/mol. The molecule has 2 aromatic rings. The van der Waals surface area contributed by atoms with Gasteiger partial charge in [-0.25, -0.2) is 0 Å². The van der Waals surface area contributed by atoms with Crippen LogP contribution >= 0.6 is 11.6 Å². The van der Waals surface area contributed by atoms with Crippen LogP contribution in [0.4, 0.5) is 0 Å². The molecule has 0 atom stereocenters. The van der Waals surface area contributed by atoms with E-state index in [1.54, 1.807) is 24.3 Å². The Balaban J connectivity index is 1.50. The standard InChI is InChI=1S/C17H12ClN3O5/c18-13-5-11(6-14-16(13)26-9-25-14)17(23)21-20-15(22)8-24-12-3-1-10(7-19)2-4-12/h1-6H,8-9H2,(H,20,22)(H,21,23). The zero-order valence-corrected chi connectivity index (χ0v) is 14.0. The van der Waals surface area contributed by atoms with Crippen molar-refractivity contribution in [3.63, 3.8) is 0 Å². The quantitative estimate of drug-likeness (QED) is 0.790. The van der Waals surface area contributed by atoms with Crippen LogP contribution in [0.2, 0.25) is 5.02 Å². The van der Waals surface area contributed by atoms with Crippen LogP contribution in [0.15, 0.2) is 36.4 Å². The fourth-order valence-electron chi connectivity index (χ4n) is 2.11. The van der Waals surface area contributed by atoms with Crippen LogP contribution in [-0.4, -0.2) is 25.2 Å². The lowest BCUT2D eigenvalue weighted by atomic mass is 10.2. The van der Waals surface area contributed by atoms with E-state index in [2.05, 4.69) is 10.9 Å². The van der Waals surface area contributed by atoms with Gasteiger partial charge in [-0.15, -0.1) is 0 Å². The van der Waals surface area contributed by atoms with E-state index in [-0.39, 0.29) is 24.0 Å². The second-order valence-corrected chi connectivity index (χ2v) is 5.53. The highest BCUT2D eigenvalue weighted by Gasteiger charge is 2.20. The second-order valence-electron chi connectivity index (χ2n) is 5.12. The molecule has 0 aliphatic carbocycles. The molecule has 0 saturated heterocycles. The zero-order valence-electron chi connectivity index (χ0n) is 13.2. The van der Waals surface area contributed by atoms with E-state index in [1.807, 2.05) is 6.07 Å². The van der Waals surface area contributed by atoms with Crippen LogP contribution in [0.5, 0.6) is 17.2 Å². The Labute approximate surface area is 153 Å². The highest BCUT2D eigenvalue weighted by atomic mass is 35.5. The number of hydrazine groups is 1. The van der Waals surface area contributed by atoms with Crippen molar-refractivity contribution in [3.05, 3.63) is 52.5 Å². The molecule has 0 radical (unpaired) electrons. The molecule has 2 N–H and O–H groups in total. The number of nitrogens with one attached hydrogen (secondary N) is 2. The molecule has 1 aliphatic heterocycles. The van der Waals surface area contributed by atoms with Gasteiger partial charge in [0.05, 0.1) is 16.7 Å². The van der Waals surface area contributed by atoms with Gasteiger partial charge in [0, 0.05) is 5.56 Å². The Morgan fingerprint density at radius 1 is 1.19 bits per heavy atom. The summed E-state index contributed by atoms with van der Waals surface area (Å²) < 4.78 is 15.6. The SMILES string of the molecule is N#Cc1ccc(OCC(=O)NNC(=O)c2cc(Cl)c3c(c2)OCO3)cc1. The average Bonchev–Trinajstić information content (AvgIpc) is 3.14. The largest absolute Gasteiger partial charge is 0.484 e. The van der Waals surface area contributed by atoms with Crippen molar-refractivity contribution in [3.8, 4) is 23.3 Å². The molecule has 0 spiro atoms. The number of ether oxygens (including phenoxy) is 3. The van der Waals surface area contributed by atoms with E-state index in [1.165, 1.54) is 12.1 Å². The summed E-state index contributed by atoms with van der Waals surface area (Å²) in [5.74, 6) is 0.0284. The summed E-state index contributed by atoms with van der Waals surface area (Å²) in [6.07, 6.45) is 0. The zero-order chi connectivity index (χ0) is 18.5. The molecule has 0 unspecified atom stereocenters. The van der Waals surface area contributed by atoms with Gasteiger partial charge in [0.1, 0.15) is 5.75 Å². The molecule has 2 aromatic carbocycles. The average molecular weight is 374 g/mol. The van der Waals surface area contributed by atoms with Crippen molar-refractivity contribution in [1.82, 2.24) is 10.9 Å². The van der Waals surface area contributed by atoms with E-state index < -0.39 is 11.8 Å². The van der Waals surface area contributed by atoms with Crippen molar-refractivity contribution in [2.45, 2.75) is 0 Å². The van der Waals surface area contributed by atoms with Crippen molar-refractivity contribution in [2.75, 3.05) is 13.4 Å². The van der Waals surface area contributed by atoms with E-state index >= 15 is 0 Å². The molecular weight excluding hydrogens is 362 g/mol. The van der Waals surface area contributed by atoms with Crippen LogP contribution in [0.3, 0.4) is 0 Å². The van der Waals surface area contributed by atoms with Gasteiger partial charge in [-0.05, 0) is 36.4 Å². The maximum Gasteiger partial charge on any atom is 0.276 e. The predicted molar refractivity (Wildman–Crippen MR) is 89.8 cm³/mol. The number of nitrogens with zero attached hydrogens (tertiary/aromatic N) is 1. The molecule has 0 bridgehead atoms.